The summed E-state index contributed by atoms with van der Waals surface area (Å²) in [5.74, 6) is 0.763. The minimum atomic E-state index is 0.353. The summed E-state index contributed by atoms with van der Waals surface area (Å²) in [5, 5.41) is 2.15. The van der Waals surface area contributed by atoms with Gasteiger partial charge < -0.3 is 10.6 Å². The molecule has 3 heteroatoms. The molecular weight excluding hydrogens is 228 g/mol. The predicted octanol–water partition coefficient (Wildman–Crippen LogP) is 3.33. The third kappa shape index (κ3) is 6.81. The van der Waals surface area contributed by atoms with Gasteiger partial charge in [-0.1, -0.05) is 19.4 Å². The summed E-state index contributed by atoms with van der Waals surface area (Å²) in [4.78, 5) is 3.87. The number of hydrogen-bond acceptors (Lipinski definition) is 3. The maximum atomic E-state index is 5.76. The molecule has 17 heavy (non-hydrogen) atoms. The highest BCUT2D eigenvalue weighted by molar-refractivity contribution is 7.09. The van der Waals surface area contributed by atoms with Crippen LogP contribution in [0.5, 0.6) is 0 Å². The molecule has 0 saturated heterocycles. The highest BCUT2D eigenvalue weighted by Gasteiger charge is 2.07. The lowest BCUT2D eigenvalue weighted by Crippen LogP contribution is -2.24. The molecule has 1 rings (SSSR count). The largest absolute Gasteiger partial charge is 0.328 e. The van der Waals surface area contributed by atoms with Crippen molar-refractivity contribution in [3.8, 4) is 0 Å². The Bertz CT molecular complexity index is 282. The summed E-state index contributed by atoms with van der Waals surface area (Å²) in [6, 6.07) is 4.69. The summed E-state index contributed by atoms with van der Waals surface area (Å²) in [6.45, 7) is 6.69. The maximum absolute atomic E-state index is 5.76. The van der Waals surface area contributed by atoms with E-state index >= 15 is 0 Å². The Kier molecular flexibility index (Phi) is 6.78. The molecule has 2 atom stereocenters. The Morgan fingerprint density at radius 3 is 2.71 bits per heavy atom. The second-order valence-corrected chi connectivity index (χ2v) is 6.32. The lowest BCUT2D eigenvalue weighted by atomic mass is 10.0. The van der Waals surface area contributed by atoms with Crippen LogP contribution in [0.3, 0.4) is 0 Å². The summed E-state index contributed by atoms with van der Waals surface area (Å²) in [6.07, 6.45) is 3.70. The molecule has 0 amide bonds. The molecular formula is C14H26N2S. The van der Waals surface area contributed by atoms with E-state index < -0.39 is 0 Å². The van der Waals surface area contributed by atoms with E-state index in [0.29, 0.717) is 6.04 Å². The second-order valence-electron chi connectivity index (χ2n) is 5.29. The van der Waals surface area contributed by atoms with Crippen LogP contribution in [0.15, 0.2) is 17.5 Å². The minimum absolute atomic E-state index is 0.353. The van der Waals surface area contributed by atoms with Gasteiger partial charge in [-0.05, 0) is 44.2 Å². The van der Waals surface area contributed by atoms with Crippen molar-refractivity contribution in [2.45, 2.75) is 45.7 Å². The van der Waals surface area contributed by atoms with E-state index in [0.717, 1.165) is 18.9 Å². The normalized spacial score (nSPS) is 15.1. The van der Waals surface area contributed by atoms with E-state index in [9.17, 15) is 0 Å². The molecule has 0 fully saturated rings. The second kappa shape index (κ2) is 7.85. The van der Waals surface area contributed by atoms with Gasteiger partial charge in [-0.15, -0.1) is 11.3 Å². The zero-order chi connectivity index (χ0) is 12.7. The van der Waals surface area contributed by atoms with Crippen molar-refractivity contribution in [3.05, 3.63) is 22.4 Å². The summed E-state index contributed by atoms with van der Waals surface area (Å²) in [7, 11) is 2.21. The Hall–Kier alpha value is -0.380. The first-order chi connectivity index (χ1) is 8.08. The molecule has 1 aromatic heterocycles. The van der Waals surface area contributed by atoms with Crippen LogP contribution in [-0.2, 0) is 6.54 Å². The molecule has 98 valence electrons. The number of rotatable bonds is 8. The van der Waals surface area contributed by atoms with Gasteiger partial charge in [0.1, 0.15) is 0 Å². The van der Waals surface area contributed by atoms with E-state index in [1.165, 1.54) is 24.3 Å². The first-order valence-corrected chi connectivity index (χ1v) is 7.42. The van der Waals surface area contributed by atoms with Crippen molar-refractivity contribution in [2.24, 2.45) is 11.7 Å². The van der Waals surface area contributed by atoms with E-state index in [1.54, 1.807) is 0 Å². The SMILES string of the molecule is CC(N)CCCC(C)CN(C)Cc1cccs1. The van der Waals surface area contributed by atoms with Crippen LogP contribution in [0.4, 0.5) is 0 Å². The molecule has 0 aliphatic carbocycles. The van der Waals surface area contributed by atoms with Crippen LogP contribution in [0, 0.1) is 5.92 Å². The topological polar surface area (TPSA) is 29.3 Å². The van der Waals surface area contributed by atoms with Gasteiger partial charge in [0.25, 0.3) is 0 Å². The molecule has 2 N–H and O–H groups in total. The molecule has 0 spiro atoms. The highest BCUT2D eigenvalue weighted by atomic mass is 32.1. The van der Waals surface area contributed by atoms with Crippen LogP contribution in [0.25, 0.3) is 0 Å². The molecule has 0 saturated carbocycles. The lowest BCUT2D eigenvalue weighted by Gasteiger charge is -2.21. The molecule has 0 aliphatic rings. The highest BCUT2D eigenvalue weighted by Crippen LogP contribution is 2.14. The van der Waals surface area contributed by atoms with Gasteiger partial charge in [-0.2, -0.15) is 0 Å². The average molecular weight is 254 g/mol. The van der Waals surface area contributed by atoms with Crippen LogP contribution in [-0.4, -0.2) is 24.5 Å². The van der Waals surface area contributed by atoms with Gasteiger partial charge in [0, 0.05) is 24.0 Å². The minimum Gasteiger partial charge on any atom is -0.328 e. The zero-order valence-corrected chi connectivity index (χ0v) is 12.2. The molecule has 1 heterocycles. The Labute approximate surface area is 110 Å². The zero-order valence-electron chi connectivity index (χ0n) is 11.4. The van der Waals surface area contributed by atoms with Crippen molar-refractivity contribution in [1.82, 2.24) is 4.90 Å². The number of nitrogens with two attached hydrogens (primary N) is 1. The monoisotopic (exact) mass is 254 g/mol. The first kappa shape index (κ1) is 14.7. The number of thiophene rings is 1. The Balaban J connectivity index is 2.14. The molecule has 2 unspecified atom stereocenters. The van der Waals surface area contributed by atoms with E-state index in [4.69, 9.17) is 5.73 Å². The van der Waals surface area contributed by atoms with Crippen molar-refractivity contribution in [3.63, 3.8) is 0 Å². The quantitative estimate of drug-likeness (QED) is 0.771. The van der Waals surface area contributed by atoms with Crippen LogP contribution < -0.4 is 5.73 Å². The van der Waals surface area contributed by atoms with Gasteiger partial charge in [-0.3, -0.25) is 0 Å². The summed E-state index contributed by atoms with van der Waals surface area (Å²) < 4.78 is 0. The third-order valence-electron chi connectivity index (χ3n) is 2.99. The fraction of sp³-hybridized carbons (Fsp3) is 0.714. The summed E-state index contributed by atoms with van der Waals surface area (Å²) in [5.41, 5.74) is 5.76. The van der Waals surface area contributed by atoms with Crippen LogP contribution in [0.1, 0.15) is 38.0 Å². The molecule has 2 nitrogen and oxygen atoms in total. The average Bonchev–Trinajstić information content (AvgIpc) is 2.69. The fourth-order valence-electron chi connectivity index (χ4n) is 2.14. The van der Waals surface area contributed by atoms with Gasteiger partial charge in [0.2, 0.25) is 0 Å². The van der Waals surface area contributed by atoms with Gasteiger partial charge >= 0.3 is 0 Å². The number of nitrogens with zero attached hydrogens (tertiary/aromatic N) is 1. The van der Waals surface area contributed by atoms with Gasteiger partial charge in [0.15, 0.2) is 0 Å². The Morgan fingerprint density at radius 1 is 1.35 bits per heavy atom. The van der Waals surface area contributed by atoms with Crippen LogP contribution in [0.2, 0.25) is 0 Å². The fourth-order valence-corrected chi connectivity index (χ4v) is 2.93. The van der Waals surface area contributed by atoms with Gasteiger partial charge in [0.05, 0.1) is 0 Å². The summed E-state index contributed by atoms with van der Waals surface area (Å²) >= 11 is 1.84. The molecule has 1 aromatic rings. The smallest absolute Gasteiger partial charge is 0.0324 e. The molecule has 0 radical (unpaired) electrons. The van der Waals surface area contributed by atoms with E-state index in [2.05, 4.69) is 43.3 Å². The molecule has 0 aromatic carbocycles. The Morgan fingerprint density at radius 2 is 2.12 bits per heavy atom. The molecule has 0 aliphatic heterocycles. The van der Waals surface area contributed by atoms with E-state index in [1.807, 2.05) is 11.3 Å². The van der Waals surface area contributed by atoms with Crippen molar-refractivity contribution in [1.29, 1.82) is 0 Å². The maximum Gasteiger partial charge on any atom is 0.0324 e. The lowest BCUT2D eigenvalue weighted by molar-refractivity contribution is 0.269. The van der Waals surface area contributed by atoms with Gasteiger partial charge in [-0.25, -0.2) is 0 Å². The number of hydrogen-bond donors (Lipinski definition) is 1. The third-order valence-corrected chi connectivity index (χ3v) is 3.85. The molecule has 0 bridgehead atoms. The first-order valence-electron chi connectivity index (χ1n) is 6.54. The predicted molar refractivity (Wildman–Crippen MR) is 77.3 cm³/mol. The van der Waals surface area contributed by atoms with Crippen molar-refractivity contribution < 1.29 is 0 Å². The standard InChI is InChI=1S/C14H26N2S/c1-12(6-4-7-13(2)15)10-16(3)11-14-8-5-9-17-14/h5,8-9,12-13H,4,6-7,10-11,15H2,1-3H3. The van der Waals surface area contributed by atoms with Crippen molar-refractivity contribution >= 4 is 11.3 Å². The van der Waals surface area contributed by atoms with E-state index in [-0.39, 0.29) is 0 Å². The van der Waals surface area contributed by atoms with Crippen molar-refractivity contribution in [2.75, 3.05) is 13.6 Å². The van der Waals surface area contributed by atoms with Crippen LogP contribution >= 0.6 is 11.3 Å².